The van der Waals surface area contributed by atoms with E-state index >= 15 is 0 Å². The van der Waals surface area contributed by atoms with Crippen molar-refractivity contribution >= 4 is 0 Å². The van der Waals surface area contributed by atoms with E-state index in [-0.39, 0.29) is 0 Å². The molecule has 0 atom stereocenters. The molecular weight excluding hydrogens is 306 g/mol. The molecule has 0 radical (unpaired) electrons. The second-order valence-electron chi connectivity index (χ2n) is 8.67. The van der Waals surface area contributed by atoms with Crippen LogP contribution in [0.2, 0.25) is 0 Å². The van der Waals surface area contributed by atoms with Crippen LogP contribution in [0.1, 0.15) is 116 Å². The van der Waals surface area contributed by atoms with Crippen molar-refractivity contribution in [3.8, 4) is 0 Å². The van der Waals surface area contributed by atoms with Crippen molar-refractivity contribution in [1.29, 1.82) is 0 Å². The van der Waals surface area contributed by atoms with Crippen molar-refractivity contribution in [1.82, 2.24) is 0 Å². The maximum Gasteiger partial charge on any atom is 0.0780 e. The molecule has 0 heterocycles. The number of unbranched alkanes of at least 4 members (excludes halogenated alkanes) is 16. The van der Waals surface area contributed by atoms with Crippen LogP contribution in [0.4, 0.5) is 0 Å². The zero-order valence-electron chi connectivity index (χ0n) is 18.6. The van der Waals surface area contributed by atoms with E-state index in [0.717, 1.165) is 11.6 Å². The largest absolute Gasteiger partial charge is 0.857 e. The predicted octanol–water partition coefficient (Wildman–Crippen LogP) is 6.32. The van der Waals surface area contributed by atoms with E-state index < -0.39 is 0 Å². The van der Waals surface area contributed by atoms with Crippen molar-refractivity contribution in [3.05, 3.63) is 0 Å². The van der Waals surface area contributed by atoms with E-state index in [1.54, 1.807) is 0 Å². The molecule has 0 aromatic heterocycles. The number of hydrogen-bond acceptors (Lipinski definition) is 1. The van der Waals surface area contributed by atoms with E-state index in [2.05, 4.69) is 28.1 Å². The fourth-order valence-electron chi connectivity index (χ4n) is 3.31. The molecule has 0 fully saturated rings. The molecule has 0 spiro atoms. The Balaban J connectivity index is 0. The molecule has 0 aromatic carbocycles. The number of nitrogens with zero attached hydrogens (tertiary/aromatic N) is 1. The molecule has 0 aliphatic rings. The van der Waals surface area contributed by atoms with Crippen molar-refractivity contribution < 1.29 is 9.59 Å². The standard InChI is InChI=1S/C22H48N.CH3O/c1-5-6-7-8-9-10-11-12-13-14-15-16-17-18-19-20-21-22-23(2,3)4;1-2/h5-22H2,1-4H3;1H3/q+1;-1. The van der Waals surface area contributed by atoms with E-state index in [1.807, 2.05) is 0 Å². The van der Waals surface area contributed by atoms with Crippen LogP contribution in [-0.4, -0.2) is 39.3 Å². The fraction of sp³-hybridized carbons (Fsp3) is 1.00. The Morgan fingerprint density at radius 1 is 0.440 bits per heavy atom. The van der Waals surface area contributed by atoms with Crippen LogP contribution < -0.4 is 5.11 Å². The quantitative estimate of drug-likeness (QED) is 0.208. The summed E-state index contributed by atoms with van der Waals surface area (Å²) in [6, 6.07) is 0. The van der Waals surface area contributed by atoms with Crippen molar-refractivity contribution in [2.24, 2.45) is 0 Å². The summed E-state index contributed by atoms with van der Waals surface area (Å²) in [5.41, 5.74) is 0. The summed E-state index contributed by atoms with van der Waals surface area (Å²) < 4.78 is 1.12. The van der Waals surface area contributed by atoms with Gasteiger partial charge in [-0.15, -0.1) is 0 Å². The third-order valence-corrected chi connectivity index (χ3v) is 4.93. The molecule has 0 N–H and O–H groups in total. The van der Waals surface area contributed by atoms with Crippen LogP contribution in [0.3, 0.4) is 0 Å². The molecule has 0 bridgehead atoms. The van der Waals surface area contributed by atoms with Gasteiger partial charge in [0.25, 0.3) is 0 Å². The van der Waals surface area contributed by atoms with Gasteiger partial charge in [-0.25, -0.2) is 0 Å². The topological polar surface area (TPSA) is 23.1 Å². The number of quaternary nitrogens is 1. The SMILES string of the molecule is CCCCCCCCCCCCCCCCCCC[N+](C)(C)C.C[O-]. The summed E-state index contributed by atoms with van der Waals surface area (Å²) in [6.45, 7) is 3.63. The maximum absolute atomic E-state index is 8.25. The summed E-state index contributed by atoms with van der Waals surface area (Å²) in [7, 11) is 7.64. The van der Waals surface area contributed by atoms with Gasteiger partial charge in [-0.3, -0.25) is 0 Å². The maximum atomic E-state index is 8.25. The van der Waals surface area contributed by atoms with Crippen molar-refractivity contribution in [2.45, 2.75) is 116 Å². The minimum Gasteiger partial charge on any atom is -0.857 e. The van der Waals surface area contributed by atoms with Gasteiger partial charge in [-0.1, -0.05) is 103 Å². The highest BCUT2D eigenvalue weighted by atomic mass is 16.2. The summed E-state index contributed by atoms with van der Waals surface area (Å²) >= 11 is 0. The third kappa shape index (κ3) is 29.0. The van der Waals surface area contributed by atoms with Gasteiger partial charge in [0, 0.05) is 0 Å². The summed E-state index contributed by atoms with van der Waals surface area (Å²) in [5, 5.41) is 8.25. The molecule has 0 saturated heterocycles. The third-order valence-electron chi connectivity index (χ3n) is 4.93. The van der Waals surface area contributed by atoms with Crippen LogP contribution >= 0.6 is 0 Å². The summed E-state index contributed by atoms with van der Waals surface area (Å²) in [4.78, 5) is 0. The predicted molar refractivity (Wildman–Crippen MR) is 113 cm³/mol. The first-order valence-electron chi connectivity index (χ1n) is 11.3. The van der Waals surface area contributed by atoms with Gasteiger partial charge in [0.2, 0.25) is 0 Å². The Morgan fingerprint density at radius 3 is 0.920 bits per heavy atom. The van der Waals surface area contributed by atoms with Gasteiger partial charge < -0.3 is 9.59 Å². The van der Waals surface area contributed by atoms with Crippen LogP contribution in [0.5, 0.6) is 0 Å². The first-order valence-corrected chi connectivity index (χ1v) is 11.3. The van der Waals surface area contributed by atoms with Gasteiger partial charge in [0.1, 0.15) is 0 Å². The summed E-state index contributed by atoms with van der Waals surface area (Å²) in [5.74, 6) is 0. The van der Waals surface area contributed by atoms with Crippen LogP contribution in [0, 0.1) is 0 Å². The highest BCUT2D eigenvalue weighted by molar-refractivity contribution is 4.50. The Bertz CT molecular complexity index is 223. The average molecular weight is 358 g/mol. The summed E-state index contributed by atoms with van der Waals surface area (Å²) in [6.07, 6.45) is 24.9. The minimum atomic E-state index is 0.750. The average Bonchev–Trinajstić information content (AvgIpc) is 2.58. The second-order valence-corrected chi connectivity index (χ2v) is 8.67. The molecule has 0 saturated carbocycles. The molecule has 154 valence electrons. The van der Waals surface area contributed by atoms with E-state index in [4.69, 9.17) is 5.11 Å². The molecule has 0 rings (SSSR count). The fourth-order valence-corrected chi connectivity index (χ4v) is 3.31. The van der Waals surface area contributed by atoms with Crippen LogP contribution in [-0.2, 0) is 0 Å². The molecule has 0 aliphatic heterocycles. The second kappa shape index (κ2) is 22.0. The number of rotatable bonds is 18. The Morgan fingerprint density at radius 2 is 0.680 bits per heavy atom. The van der Waals surface area contributed by atoms with Gasteiger partial charge in [-0.2, -0.15) is 7.11 Å². The molecule has 0 aliphatic carbocycles. The minimum absolute atomic E-state index is 0.750. The number of hydrogen-bond donors (Lipinski definition) is 0. The lowest BCUT2D eigenvalue weighted by Gasteiger charge is -2.23. The molecule has 0 unspecified atom stereocenters. The molecule has 2 nitrogen and oxygen atoms in total. The zero-order valence-corrected chi connectivity index (χ0v) is 18.6. The monoisotopic (exact) mass is 357 g/mol. The molecular formula is C23H51NO. The lowest BCUT2D eigenvalue weighted by molar-refractivity contribution is -0.870. The van der Waals surface area contributed by atoms with Crippen molar-refractivity contribution in [3.63, 3.8) is 0 Å². The van der Waals surface area contributed by atoms with Gasteiger partial charge in [0.15, 0.2) is 0 Å². The van der Waals surface area contributed by atoms with Gasteiger partial charge in [-0.05, 0) is 12.8 Å². The highest BCUT2D eigenvalue weighted by Gasteiger charge is 2.04. The molecule has 25 heavy (non-hydrogen) atoms. The van der Waals surface area contributed by atoms with Gasteiger partial charge >= 0.3 is 0 Å². The zero-order chi connectivity index (χ0) is 19.2. The Hall–Kier alpha value is -0.0800. The van der Waals surface area contributed by atoms with Crippen LogP contribution in [0.25, 0.3) is 0 Å². The lowest BCUT2D eigenvalue weighted by atomic mass is 10.0. The molecule has 0 aromatic rings. The lowest BCUT2D eigenvalue weighted by Crippen LogP contribution is -2.35. The van der Waals surface area contributed by atoms with E-state index in [1.165, 1.54) is 116 Å². The molecule has 0 amide bonds. The van der Waals surface area contributed by atoms with Gasteiger partial charge in [0.05, 0.1) is 27.7 Å². The van der Waals surface area contributed by atoms with E-state index in [9.17, 15) is 0 Å². The normalized spacial score (nSPS) is 11.3. The Labute approximate surface area is 161 Å². The van der Waals surface area contributed by atoms with Crippen LogP contribution in [0.15, 0.2) is 0 Å². The first-order chi connectivity index (χ1) is 12.1. The first kappa shape index (κ1) is 27.1. The van der Waals surface area contributed by atoms with E-state index in [0.29, 0.717) is 0 Å². The van der Waals surface area contributed by atoms with Crippen molar-refractivity contribution in [2.75, 3.05) is 34.8 Å². The molecule has 2 heteroatoms. The Kier molecular flexibility index (Phi) is 23.8. The smallest absolute Gasteiger partial charge is 0.0780 e. The highest BCUT2D eigenvalue weighted by Crippen LogP contribution is 2.14.